The molecule has 0 saturated heterocycles. The fourth-order valence-electron chi connectivity index (χ4n) is 1.29. The Bertz CT molecular complexity index is 558. The first-order chi connectivity index (χ1) is 8.58. The summed E-state index contributed by atoms with van der Waals surface area (Å²) in [7, 11) is 0. The Balaban J connectivity index is 2.33. The highest BCUT2D eigenvalue weighted by Crippen LogP contribution is 2.25. The number of anilines is 3. The molecular weight excluding hydrogens is 280 g/mol. The van der Waals surface area contributed by atoms with E-state index in [-0.39, 0.29) is 16.0 Å². The second kappa shape index (κ2) is 5.34. The molecule has 2 aromatic rings. The first-order valence-electron chi connectivity index (χ1n) is 4.81. The molecule has 1 heterocycles. The fourth-order valence-corrected chi connectivity index (χ4v) is 1.65. The number of rotatable bonds is 3. The van der Waals surface area contributed by atoms with Crippen LogP contribution < -0.4 is 16.6 Å². The molecular formula is C10H8Cl2FN5. The van der Waals surface area contributed by atoms with Crippen LogP contribution in [0.2, 0.25) is 10.0 Å². The van der Waals surface area contributed by atoms with E-state index in [0.717, 1.165) is 0 Å². The molecule has 94 valence electrons. The summed E-state index contributed by atoms with van der Waals surface area (Å²) in [6.07, 6.45) is 1.37. The molecule has 0 radical (unpaired) electrons. The van der Waals surface area contributed by atoms with Crippen molar-refractivity contribution >= 4 is 40.7 Å². The third kappa shape index (κ3) is 2.98. The maximum Gasteiger partial charge on any atom is 0.239 e. The first-order valence-corrected chi connectivity index (χ1v) is 5.56. The summed E-state index contributed by atoms with van der Waals surface area (Å²) < 4.78 is 13.2. The number of nitrogens with one attached hydrogen (secondary N) is 2. The fraction of sp³-hybridized carbons (Fsp3) is 0. The normalized spacial score (nSPS) is 10.2. The summed E-state index contributed by atoms with van der Waals surface area (Å²) in [6.45, 7) is 0. The number of benzene rings is 1. The van der Waals surface area contributed by atoms with Gasteiger partial charge in [0.2, 0.25) is 5.95 Å². The maximum atomic E-state index is 13.2. The average Bonchev–Trinajstić information content (AvgIpc) is 2.30. The zero-order chi connectivity index (χ0) is 13.1. The third-order valence-electron chi connectivity index (χ3n) is 2.00. The Kier molecular flexibility index (Phi) is 3.81. The molecule has 0 fully saturated rings. The van der Waals surface area contributed by atoms with Crippen LogP contribution in [0, 0.1) is 5.82 Å². The standard InChI is InChI=1S/C10H8Cl2FN5/c11-5-1-6(13)3-7(2-5)16-9-8(12)4-15-10(17-9)18-14/h1-4H,14H2,(H2,15,16,17,18). The Hall–Kier alpha value is -1.63. The molecule has 5 nitrogen and oxygen atoms in total. The minimum absolute atomic E-state index is 0.185. The lowest BCUT2D eigenvalue weighted by atomic mass is 10.3. The Labute approximate surface area is 112 Å². The van der Waals surface area contributed by atoms with Crippen LogP contribution in [0.25, 0.3) is 0 Å². The van der Waals surface area contributed by atoms with Crippen LogP contribution in [0.3, 0.4) is 0 Å². The van der Waals surface area contributed by atoms with Gasteiger partial charge in [0.05, 0.1) is 6.20 Å². The zero-order valence-corrected chi connectivity index (χ0v) is 10.4. The molecule has 0 aliphatic heterocycles. The Morgan fingerprint density at radius 1 is 1.22 bits per heavy atom. The van der Waals surface area contributed by atoms with Crippen molar-refractivity contribution in [3.05, 3.63) is 40.3 Å². The number of aromatic nitrogens is 2. The van der Waals surface area contributed by atoms with Gasteiger partial charge in [-0.05, 0) is 18.2 Å². The summed E-state index contributed by atoms with van der Waals surface area (Å²) >= 11 is 11.6. The molecule has 0 saturated carbocycles. The lowest BCUT2D eigenvalue weighted by Crippen LogP contribution is -2.11. The van der Waals surface area contributed by atoms with Crippen molar-refractivity contribution in [3.63, 3.8) is 0 Å². The predicted molar refractivity (Wildman–Crippen MR) is 69.5 cm³/mol. The van der Waals surface area contributed by atoms with Crippen LogP contribution in [0.5, 0.6) is 0 Å². The van der Waals surface area contributed by atoms with Crippen molar-refractivity contribution in [3.8, 4) is 0 Å². The van der Waals surface area contributed by atoms with Crippen LogP contribution in [0.4, 0.5) is 21.8 Å². The minimum Gasteiger partial charge on any atom is -0.339 e. The van der Waals surface area contributed by atoms with E-state index in [9.17, 15) is 4.39 Å². The van der Waals surface area contributed by atoms with Crippen LogP contribution in [0.15, 0.2) is 24.4 Å². The van der Waals surface area contributed by atoms with E-state index in [1.807, 2.05) is 0 Å². The van der Waals surface area contributed by atoms with E-state index >= 15 is 0 Å². The van der Waals surface area contributed by atoms with Crippen LogP contribution in [-0.2, 0) is 0 Å². The second-order valence-corrected chi connectivity index (χ2v) is 4.16. The van der Waals surface area contributed by atoms with Gasteiger partial charge in [0.1, 0.15) is 10.8 Å². The van der Waals surface area contributed by atoms with Crippen molar-refractivity contribution in [1.29, 1.82) is 0 Å². The van der Waals surface area contributed by atoms with Crippen LogP contribution in [0.1, 0.15) is 0 Å². The number of nitrogen functional groups attached to an aromatic ring is 1. The lowest BCUT2D eigenvalue weighted by molar-refractivity contribution is 0.628. The molecule has 0 spiro atoms. The van der Waals surface area contributed by atoms with Gasteiger partial charge in [-0.3, -0.25) is 5.43 Å². The lowest BCUT2D eigenvalue weighted by Gasteiger charge is -2.09. The molecule has 8 heteroatoms. The maximum absolute atomic E-state index is 13.2. The molecule has 18 heavy (non-hydrogen) atoms. The number of hydrogen-bond donors (Lipinski definition) is 3. The van der Waals surface area contributed by atoms with Crippen LogP contribution in [-0.4, -0.2) is 9.97 Å². The highest BCUT2D eigenvalue weighted by Gasteiger charge is 2.06. The number of hydrazine groups is 1. The molecule has 4 N–H and O–H groups in total. The van der Waals surface area contributed by atoms with Crippen molar-refractivity contribution in [2.45, 2.75) is 0 Å². The van der Waals surface area contributed by atoms with Crippen molar-refractivity contribution in [2.75, 3.05) is 10.7 Å². The van der Waals surface area contributed by atoms with E-state index < -0.39 is 5.82 Å². The second-order valence-electron chi connectivity index (χ2n) is 3.32. The number of nitrogens with zero attached hydrogens (tertiary/aromatic N) is 2. The molecule has 0 aliphatic carbocycles. The van der Waals surface area contributed by atoms with Crippen molar-refractivity contribution in [1.82, 2.24) is 9.97 Å². The van der Waals surface area contributed by atoms with Crippen LogP contribution >= 0.6 is 23.2 Å². The summed E-state index contributed by atoms with van der Waals surface area (Å²) in [5, 5.41) is 3.36. The van der Waals surface area contributed by atoms with Crippen molar-refractivity contribution in [2.24, 2.45) is 5.84 Å². The van der Waals surface area contributed by atoms with Gasteiger partial charge in [0, 0.05) is 10.7 Å². The minimum atomic E-state index is -0.465. The zero-order valence-electron chi connectivity index (χ0n) is 8.92. The van der Waals surface area contributed by atoms with Gasteiger partial charge in [-0.1, -0.05) is 23.2 Å². The molecule has 1 aromatic carbocycles. The van der Waals surface area contributed by atoms with Crippen molar-refractivity contribution < 1.29 is 4.39 Å². The number of halogens is 3. The monoisotopic (exact) mass is 287 g/mol. The van der Waals surface area contributed by atoms with E-state index in [1.54, 1.807) is 6.07 Å². The number of hydrogen-bond acceptors (Lipinski definition) is 5. The van der Waals surface area contributed by atoms with E-state index in [1.165, 1.54) is 18.3 Å². The molecule has 1 aromatic heterocycles. The largest absolute Gasteiger partial charge is 0.339 e. The molecule has 0 atom stereocenters. The molecule has 0 unspecified atom stereocenters. The summed E-state index contributed by atoms with van der Waals surface area (Å²) in [6, 6.07) is 4.00. The van der Waals surface area contributed by atoms with Gasteiger partial charge in [-0.2, -0.15) is 4.98 Å². The number of nitrogens with two attached hydrogens (primary N) is 1. The highest BCUT2D eigenvalue weighted by molar-refractivity contribution is 6.33. The van der Waals surface area contributed by atoms with Gasteiger partial charge in [0.25, 0.3) is 0 Å². The topological polar surface area (TPSA) is 75.9 Å². The van der Waals surface area contributed by atoms with E-state index in [0.29, 0.717) is 11.5 Å². The van der Waals surface area contributed by atoms with Gasteiger partial charge in [-0.25, -0.2) is 15.2 Å². The summed E-state index contributed by atoms with van der Waals surface area (Å²) in [5.74, 6) is 5.20. The van der Waals surface area contributed by atoms with Gasteiger partial charge >= 0.3 is 0 Å². The molecule has 2 rings (SSSR count). The van der Waals surface area contributed by atoms with E-state index in [2.05, 4.69) is 20.7 Å². The molecule has 0 aliphatic rings. The molecule has 0 amide bonds. The van der Waals surface area contributed by atoms with Gasteiger partial charge < -0.3 is 5.32 Å². The Morgan fingerprint density at radius 2 is 2.00 bits per heavy atom. The van der Waals surface area contributed by atoms with Gasteiger partial charge in [-0.15, -0.1) is 0 Å². The smallest absolute Gasteiger partial charge is 0.239 e. The predicted octanol–water partition coefficient (Wildman–Crippen LogP) is 2.95. The summed E-state index contributed by atoms with van der Waals surface area (Å²) in [4.78, 5) is 7.80. The first kappa shape index (κ1) is 12.8. The third-order valence-corrected chi connectivity index (χ3v) is 2.49. The Morgan fingerprint density at radius 3 is 2.67 bits per heavy atom. The van der Waals surface area contributed by atoms with E-state index in [4.69, 9.17) is 29.0 Å². The highest BCUT2D eigenvalue weighted by atomic mass is 35.5. The van der Waals surface area contributed by atoms with Gasteiger partial charge in [0.15, 0.2) is 5.82 Å². The quantitative estimate of drug-likeness (QED) is 0.598. The molecule has 0 bridgehead atoms. The summed E-state index contributed by atoms with van der Waals surface area (Å²) in [5.41, 5.74) is 2.70. The average molecular weight is 288 g/mol. The SMILES string of the molecule is NNc1ncc(Cl)c(Nc2cc(F)cc(Cl)c2)n1.